The Balaban J connectivity index is 1.90. The number of benzene rings is 2. The first-order valence-electron chi connectivity index (χ1n) is 9.17. The average Bonchev–Trinajstić information content (AvgIpc) is 2.67. The van der Waals surface area contributed by atoms with E-state index in [1.807, 2.05) is 0 Å². The maximum atomic E-state index is 12.3. The van der Waals surface area contributed by atoms with Gasteiger partial charge in [0.1, 0.15) is 5.75 Å². The van der Waals surface area contributed by atoms with Crippen LogP contribution in [0.1, 0.15) is 47.9 Å². The predicted molar refractivity (Wildman–Crippen MR) is 115 cm³/mol. The fourth-order valence-corrected chi connectivity index (χ4v) is 2.82. The highest BCUT2D eigenvalue weighted by molar-refractivity contribution is 9.10. The van der Waals surface area contributed by atoms with E-state index in [1.165, 1.54) is 6.92 Å². The van der Waals surface area contributed by atoms with E-state index in [4.69, 9.17) is 4.74 Å². The van der Waals surface area contributed by atoms with Gasteiger partial charge in [0.25, 0.3) is 11.8 Å². The number of nitrogens with one attached hydrogen (secondary N) is 3. The number of halogens is 1. The lowest BCUT2D eigenvalue weighted by molar-refractivity contribution is -0.114. The first-order valence-corrected chi connectivity index (χ1v) is 9.96. The van der Waals surface area contributed by atoms with Crippen molar-refractivity contribution in [2.45, 2.75) is 27.2 Å². The van der Waals surface area contributed by atoms with Gasteiger partial charge in [-0.1, -0.05) is 13.8 Å². The van der Waals surface area contributed by atoms with Crippen LogP contribution in [0.4, 0.5) is 5.69 Å². The lowest BCUT2D eigenvalue weighted by Crippen LogP contribution is -2.41. The molecule has 0 aromatic heterocycles. The number of anilines is 1. The number of ether oxygens (including phenoxy) is 1. The highest BCUT2D eigenvalue weighted by Gasteiger charge is 2.12. The first kappa shape index (κ1) is 22.4. The maximum absolute atomic E-state index is 12.3. The second-order valence-electron chi connectivity index (χ2n) is 6.84. The van der Waals surface area contributed by atoms with Crippen LogP contribution in [-0.4, -0.2) is 24.3 Å². The van der Waals surface area contributed by atoms with Gasteiger partial charge in [-0.15, -0.1) is 0 Å². The molecule has 8 heteroatoms. The fraction of sp³-hybridized carbons (Fsp3) is 0.286. The van der Waals surface area contributed by atoms with E-state index in [0.29, 0.717) is 39.6 Å². The summed E-state index contributed by atoms with van der Waals surface area (Å²) in [4.78, 5) is 35.5. The minimum atomic E-state index is -0.472. The number of amides is 3. The Bertz CT molecular complexity index is 882. The number of carbonyl (C=O) groups excluding carboxylic acids is 3. The molecule has 2 aromatic rings. The van der Waals surface area contributed by atoms with Crippen molar-refractivity contribution >= 4 is 39.3 Å². The van der Waals surface area contributed by atoms with Crippen LogP contribution in [0.5, 0.6) is 5.75 Å². The molecule has 0 spiro atoms. The normalized spacial score (nSPS) is 10.4. The maximum Gasteiger partial charge on any atom is 0.269 e. The molecule has 0 unspecified atom stereocenters. The third-order valence-electron chi connectivity index (χ3n) is 3.90. The van der Waals surface area contributed by atoms with Gasteiger partial charge < -0.3 is 10.1 Å². The zero-order chi connectivity index (χ0) is 21.4. The third-order valence-corrected chi connectivity index (χ3v) is 4.52. The molecule has 0 saturated heterocycles. The van der Waals surface area contributed by atoms with Crippen LogP contribution in [0.25, 0.3) is 0 Å². The lowest BCUT2D eigenvalue weighted by atomic mass is 10.1. The topological polar surface area (TPSA) is 96.5 Å². The van der Waals surface area contributed by atoms with E-state index in [1.54, 1.807) is 42.5 Å². The Labute approximate surface area is 178 Å². The summed E-state index contributed by atoms with van der Waals surface area (Å²) in [6.07, 6.45) is 0.937. The van der Waals surface area contributed by atoms with Crippen molar-refractivity contribution in [3.05, 3.63) is 58.1 Å². The minimum absolute atomic E-state index is 0.197. The largest absolute Gasteiger partial charge is 0.492 e. The van der Waals surface area contributed by atoms with E-state index in [0.717, 1.165) is 6.42 Å². The van der Waals surface area contributed by atoms with Crippen molar-refractivity contribution in [2.75, 3.05) is 11.9 Å². The molecule has 0 fully saturated rings. The standard InChI is InChI=1S/C21H24BrN3O4/c1-13(2)10-11-29-19-9-6-16(12-18(19)22)21(28)25-24-20(27)15-4-7-17(8-5-15)23-14(3)26/h4-9,12-13H,10-11H2,1-3H3,(H,23,26)(H,24,27)(H,25,28). The monoisotopic (exact) mass is 461 g/mol. The number of hydrazine groups is 1. The summed E-state index contributed by atoms with van der Waals surface area (Å²) in [7, 11) is 0. The van der Waals surface area contributed by atoms with Gasteiger partial charge in [-0.2, -0.15) is 0 Å². The summed E-state index contributed by atoms with van der Waals surface area (Å²) in [5, 5.41) is 2.62. The molecule has 0 aliphatic rings. The zero-order valence-corrected chi connectivity index (χ0v) is 18.1. The van der Waals surface area contributed by atoms with Gasteiger partial charge in [-0.3, -0.25) is 25.2 Å². The van der Waals surface area contributed by atoms with Gasteiger partial charge in [0.2, 0.25) is 5.91 Å². The first-order chi connectivity index (χ1) is 13.8. The smallest absolute Gasteiger partial charge is 0.269 e. The van der Waals surface area contributed by atoms with Gasteiger partial charge in [-0.25, -0.2) is 0 Å². The lowest BCUT2D eigenvalue weighted by Gasteiger charge is -2.12. The van der Waals surface area contributed by atoms with Crippen LogP contribution < -0.4 is 20.9 Å². The van der Waals surface area contributed by atoms with Gasteiger partial charge in [0, 0.05) is 23.7 Å². The number of hydrogen-bond acceptors (Lipinski definition) is 4. The summed E-state index contributed by atoms with van der Waals surface area (Å²) in [5.74, 6) is 0.0783. The molecule has 0 aliphatic heterocycles. The van der Waals surface area contributed by atoms with Crippen molar-refractivity contribution < 1.29 is 19.1 Å². The van der Waals surface area contributed by atoms with Gasteiger partial charge in [-0.05, 0) is 70.7 Å². The molecule has 7 nitrogen and oxygen atoms in total. The third kappa shape index (κ3) is 7.23. The highest BCUT2D eigenvalue weighted by atomic mass is 79.9. The molecule has 0 atom stereocenters. The summed E-state index contributed by atoms with van der Waals surface area (Å²) < 4.78 is 6.36. The van der Waals surface area contributed by atoms with Crippen LogP contribution in [0.2, 0.25) is 0 Å². The van der Waals surface area contributed by atoms with Crippen molar-refractivity contribution in [2.24, 2.45) is 5.92 Å². The quantitative estimate of drug-likeness (QED) is 0.544. The molecule has 3 amide bonds. The van der Waals surface area contributed by atoms with E-state index in [2.05, 4.69) is 45.9 Å². The molecular weight excluding hydrogens is 438 g/mol. The Morgan fingerprint density at radius 2 is 1.55 bits per heavy atom. The minimum Gasteiger partial charge on any atom is -0.492 e. The molecule has 0 bridgehead atoms. The van der Waals surface area contributed by atoms with Crippen molar-refractivity contribution in [1.82, 2.24) is 10.9 Å². The highest BCUT2D eigenvalue weighted by Crippen LogP contribution is 2.26. The van der Waals surface area contributed by atoms with E-state index in [9.17, 15) is 14.4 Å². The Hall–Kier alpha value is -2.87. The van der Waals surface area contributed by atoms with Crippen molar-refractivity contribution in [1.29, 1.82) is 0 Å². The van der Waals surface area contributed by atoms with E-state index in [-0.39, 0.29) is 5.91 Å². The van der Waals surface area contributed by atoms with Crippen LogP contribution in [0.3, 0.4) is 0 Å². The Kier molecular flexibility index (Phi) is 8.21. The summed E-state index contributed by atoms with van der Waals surface area (Å²) in [6.45, 7) is 6.24. The molecule has 0 aliphatic carbocycles. The molecule has 29 heavy (non-hydrogen) atoms. The second-order valence-corrected chi connectivity index (χ2v) is 7.70. The summed E-state index contributed by atoms with van der Waals surface area (Å²) in [5.41, 5.74) is 6.04. The van der Waals surface area contributed by atoms with Crippen LogP contribution in [0.15, 0.2) is 46.9 Å². The Morgan fingerprint density at radius 3 is 2.10 bits per heavy atom. The van der Waals surface area contributed by atoms with Crippen LogP contribution >= 0.6 is 15.9 Å². The molecule has 154 valence electrons. The molecule has 2 rings (SSSR count). The number of hydrogen-bond donors (Lipinski definition) is 3. The molecule has 0 saturated carbocycles. The van der Waals surface area contributed by atoms with Gasteiger partial charge >= 0.3 is 0 Å². The van der Waals surface area contributed by atoms with Crippen LogP contribution in [0, 0.1) is 5.92 Å². The average molecular weight is 462 g/mol. The number of carbonyl (C=O) groups is 3. The van der Waals surface area contributed by atoms with Gasteiger partial charge in [0.15, 0.2) is 0 Å². The van der Waals surface area contributed by atoms with Crippen molar-refractivity contribution in [3.8, 4) is 5.75 Å². The summed E-state index contributed by atoms with van der Waals surface area (Å²) in [6, 6.07) is 11.3. The molecule has 0 radical (unpaired) electrons. The van der Waals surface area contributed by atoms with Crippen molar-refractivity contribution in [3.63, 3.8) is 0 Å². The zero-order valence-electron chi connectivity index (χ0n) is 16.5. The SMILES string of the molecule is CC(=O)Nc1ccc(C(=O)NNC(=O)c2ccc(OCCC(C)C)c(Br)c2)cc1. The number of rotatable bonds is 7. The van der Waals surface area contributed by atoms with Gasteiger partial charge in [0.05, 0.1) is 11.1 Å². The molecule has 3 N–H and O–H groups in total. The predicted octanol–water partition coefficient (Wildman–Crippen LogP) is 3.91. The van der Waals surface area contributed by atoms with E-state index >= 15 is 0 Å². The van der Waals surface area contributed by atoms with Crippen LogP contribution in [-0.2, 0) is 4.79 Å². The summed E-state index contributed by atoms with van der Waals surface area (Å²) >= 11 is 3.40. The molecule has 0 heterocycles. The fourth-order valence-electron chi connectivity index (χ4n) is 2.33. The molecule has 2 aromatic carbocycles. The second kappa shape index (κ2) is 10.6. The van der Waals surface area contributed by atoms with E-state index < -0.39 is 11.8 Å². The Morgan fingerprint density at radius 1 is 0.966 bits per heavy atom. The molecular formula is C21H24BrN3O4.